The van der Waals surface area contributed by atoms with Crippen molar-refractivity contribution in [2.45, 2.75) is 13.0 Å². The Balaban J connectivity index is 2.10. The first-order valence-corrected chi connectivity index (χ1v) is 7.07. The number of carbonyl (C=O) groups excluding carboxylic acids is 1. The molecule has 2 aromatic rings. The van der Waals surface area contributed by atoms with Crippen LogP contribution in [0.5, 0.6) is 0 Å². The minimum Gasteiger partial charge on any atom is -0.383 e. The third-order valence-electron chi connectivity index (χ3n) is 3.08. The first-order valence-electron chi connectivity index (χ1n) is 6.69. The van der Waals surface area contributed by atoms with Crippen LogP contribution in [0.15, 0.2) is 30.5 Å². The average Bonchev–Trinajstić information content (AvgIpc) is 2.47. The van der Waals surface area contributed by atoms with Gasteiger partial charge in [0, 0.05) is 35.9 Å². The molecule has 0 radical (unpaired) electrons. The summed E-state index contributed by atoms with van der Waals surface area (Å²) in [4.78, 5) is 16.2. The molecule has 0 aliphatic heterocycles. The molecular weight excluding hydrogens is 290 g/mol. The second-order valence-corrected chi connectivity index (χ2v) is 5.11. The maximum atomic E-state index is 11.9. The number of amides is 1. The maximum Gasteiger partial charge on any atom is 0.242 e. The van der Waals surface area contributed by atoms with Crippen LogP contribution in [-0.2, 0) is 9.53 Å². The molecule has 0 aliphatic carbocycles. The van der Waals surface area contributed by atoms with Crippen molar-refractivity contribution in [3.05, 3.63) is 35.5 Å². The van der Waals surface area contributed by atoms with Gasteiger partial charge in [-0.25, -0.2) is 0 Å². The van der Waals surface area contributed by atoms with E-state index < -0.39 is 0 Å². The number of methoxy groups -OCH3 is 1. The molecule has 2 rings (SSSR count). The number of aromatic nitrogens is 1. The molecule has 0 aliphatic rings. The molecule has 1 unspecified atom stereocenters. The zero-order valence-corrected chi connectivity index (χ0v) is 12.8. The molecule has 2 N–H and O–H groups in total. The molecule has 1 heterocycles. The van der Waals surface area contributed by atoms with E-state index in [1.165, 1.54) is 0 Å². The standard InChI is InChI=1S/C15H18ClN3O2/c1-10(15(20)18-7-8-21-2)19-13-5-6-17-14-9-11(16)3-4-12(13)14/h3-6,9-10H,7-8H2,1-2H3,(H,17,19)(H,18,20). The van der Waals surface area contributed by atoms with Crippen molar-refractivity contribution in [1.29, 1.82) is 0 Å². The molecule has 1 aromatic carbocycles. The SMILES string of the molecule is COCCNC(=O)C(C)Nc1ccnc2cc(Cl)ccc12. The first kappa shape index (κ1) is 15.5. The molecule has 0 saturated carbocycles. The van der Waals surface area contributed by atoms with Crippen molar-refractivity contribution < 1.29 is 9.53 Å². The molecule has 0 bridgehead atoms. The summed E-state index contributed by atoms with van der Waals surface area (Å²) in [5.41, 5.74) is 1.64. The van der Waals surface area contributed by atoms with Crippen LogP contribution >= 0.6 is 11.6 Å². The van der Waals surface area contributed by atoms with E-state index in [0.29, 0.717) is 18.2 Å². The fourth-order valence-corrected chi connectivity index (χ4v) is 2.14. The normalized spacial score (nSPS) is 12.1. The maximum absolute atomic E-state index is 11.9. The van der Waals surface area contributed by atoms with Gasteiger partial charge in [-0.15, -0.1) is 0 Å². The number of hydrogen-bond acceptors (Lipinski definition) is 4. The summed E-state index contributed by atoms with van der Waals surface area (Å²) < 4.78 is 4.90. The number of nitrogens with zero attached hydrogens (tertiary/aromatic N) is 1. The summed E-state index contributed by atoms with van der Waals surface area (Å²) in [6, 6.07) is 6.98. The molecule has 0 spiro atoms. The van der Waals surface area contributed by atoms with E-state index in [9.17, 15) is 4.79 Å². The van der Waals surface area contributed by atoms with Gasteiger partial charge in [0.2, 0.25) is 5.91 Å². The van der Waals surface area contributed by atoms with Crippen molar-refractivity contribution in [1.82, 2.24) is 10.3 Å². The highest BCUT2D eigenvalue weighted by atomic mass is 35.5. The number of benzene rings is 1. The monoisotopic (exact) mass is 307 g/mol. The van der Waals surface area contributed by atoms with E-state index in [2.05, 4.69) is 15.6 Å². The quantitative estimate of drug-likeness (QED) is 0.805. The Morgan fingerprint density at radius 3 is 3.00 bits per heavy atom. The van der Waals surface area contributed by atoms with Gasteiger partial charge in [-0.2, -0.15) is 0 Å². The summed E-state index contributed by atoms with van der Waals surface area (Å²) in [6.45, 7) is 2.80. The Kier molecular flexibility index (Phi) is 5.36. The summed E-state index contributed by atoms with van der Waals surface area (Å²) in [5.74, 6) is -0.0778. The minimum absolute atomic E-state index is 0.0778. The number of nitrogens with one attached hydrogen (secondary N) is 2. The smallest absolute Gasteiger partial charge is 0.242 e. The predicted molar refractivity (Wildman–Crippen MR) is 84.7 cm³/mol. The molecule has 5 nitrogen and oxygen atoms in total. The highest BCUT2D eigenvalue weighted by molar-refractivity contribution is 6.31. The number of halogens is 1. The minimum atomic E-state index is -0.358. The van der Waals surface area contributed by atoms with Gasteiger partial charge in [-0.05, 0) is 31.2 Å². The summed E-state index contributed by atoms with van der Waals surface area (Å²) in [7, 11) is 1.60. The number of pyridine rings is 1. The molecule has 21 heavy (non-hydrogen) atoms. The van der Waals surface area contributed by atoms with E-state index >= 15 is 0 Å². The number of anilines is 1. The van der Waals surface area contributed by atoms with Gasteiger partial charge >= 0.3 is 0 Å². The Bertz CT molecular complexity index is 633. The lowest BCUT2D eigenvalue weighted by molar-refractivity contribution is -0.121. The lowest BCUT2D eigenvalue weighted by Crippen LogP contribution is -2.39. The van der Waals surface area contributed by atoms with E-state index in [4.69, 9.17) is 16.3 Å². The zero-order chi connectivity index (χ0) is 15.2. The van der Waals surface area contributed by atoms with Crippen molar-refractivity contribution in [2.24, 2.45) is 0 Å². The zero-order valence-electron chi connectivity index (χ0n) is 12.0. The second kappa shape index (κ2) is 7.24. The van der Waals surface area contributed by atoms with Crippen LogP contribution in [0.2, 0.25) is 5.02 Å². The third-order valence-corrected chi connectivity index (χ3v) is 3.31. The van der Waals surface area contributed by atoms with Crippen LogP contribution in [0, 0.1) is 0 Å². The first-order chi connectivity index (χ1) is 10.1. The van der Waals surface area contributed by atoms with Gasteiger partial charge in [0.1, 0.15) is 6.04 Å². The number of fused-ring (bicyclic) bond motifs is 1. The highest BCUT2D eigenvalue weighted by Crippen LogP contribution is 2.24. The van der Waals surface area contributed by atoms with Gasteiger partial charge in [-0.3, -0.25) is 9.78 Å². The van der Waals surface area contributed by atoms with Crippen molar-refractivity contribution in [2.75, 3.05) is 25.6 Å². The topological polar surface area (TPSA) is 63.2 Å². The molecule has 112 valence electrons. The van der Waals surface area contributed by atoms with E-state index in [1.54, 1.807) is 25.4 Å². The number of ether oxygens (including phenoxy) is 1. The molecule has 0 fully saturated rings. The van der Waals surface area contributed by atoms with Crippen LogP contribution in [-0.4, -0.2) is 37.2 Å². The Morgan fingerprint density at radius 2 is 2.24 bits per heavy atom. The van der Waals surface area contributed by atoms with Crippen molar-refractivity contribution in [3.63, 3.8) is 0 Å². The summed E-state index contributed by atoms with van der Waals surface area (Å²) in [5, 5.41) is 7.56. The Labute approximate surface area is 128 Å². The molecular formula is C15H18ClN3O2. The van der Waals surface area contributed by atoms with Crippen LogP contribution in [0.1, 0.15) is 6.92 Å². The van der Waals surface area contributed by atoms with Crippen LogP contribution in [0.3, 0.4) is 0 Å². The molecule has 0 saturated heterocycles. The number of rotatable bonds is 6. The van der Waals surface area contributed by atoms with Gasteiger partial charge in [-0.1, -0.05) is 11.6 Å². The largest absolute Gasteiger partial charge is 0.383 e. The number of hydrogen-bond donors (Lipinski definition) is 2. The van der Waals surface area contributed by atoms with Gasteiger partial charge < -0.3 is 15.4 Å². The lowest BCUT2D eigenvalue weighted by Gasteiger charge is -2.16. The van der Waals surface area contributed by atoms with Crippen LogP contribution in [0.4, 0.5) is 5.69 Å². The Hall–Kier alpha value is -1.85. The summed E-state index contributed by atoms with van der Waals surface area (Å²) in [6.07, 6.45) is 1.69. The predicted octanol–water partition coefficient (Wildman–Crippen LogP) is 2.45. The molecule has 1 aromatic heterocycles. The van der Waals surface area contributed by atoms with E-state index in [-0.39, 0.29) is 11.9 Å². The van der Waals surface area contributed by atoms with Crippen LogP contribution in [0.25, 0.3) is 10.9 Å². The highest BCUT2D eigenvalue weighted by Gasteiger charge is 2.13. The Morgan fingerprint density at radius 1 is 1.43 bits per heavy atom. The van der Waals surface area contributed by atoms with E-state index in [0.717, 1.165) is 16.6 Å². The fraction of sp³-hybridized carbons (Fsp3) is 0.333. The fourth-order valence-electron chi connectivity index (χ4n) is 1.98. The van der Waals surface area contributed by atoms with Gasteiger partial charge in [0.25, 0.3) is 0 Å². The molecule has 6 heteroatoms. The third kappa shape index (κ3) is 4.06. The second-order valence-electron chi connectivity index (χ2n) is 4.67. The molecule has 1 atom stereocenters. The van der Waals surface area contributed by atoms with Gasteiger partial charge in [0.05, 0.1) is 12.1 Å². The van der Waals surface area contributed by atoms with Gasteiger partial charge in [0.15, 0.2) is 0 Å². The van der Waals surface area contributed by atoms with E-state index in [1.807, 2.05) is 19.1 Å². The average molecular weight is 308 g/mol. The number of carbonyl (C=O) groups is 1. The van der Waals surface area contributed by atoms with Crippen LogP contribution < -0.4 is 10.6 Å². The molecule has 1 amide bonds. The van der Waals surface area contributed by atoms with Crippen molar-refractivity contribution in [3.8, 4) is 0 Å². The summed E-state index contributed by atoms with van der Waals surface area (Å²) >= 11 is 5.96. The lowest BCUT2D eigenvalue weighted by atomic mass is 10.1. The van der Waals surface area contributed by atoms with Crippen molar-refractivity contribution >= 4 is 34.1 Å².